The van der Waals surface area contributed by atoms with Crippen LogP contribution in [-0.2, 0) is 11.8 Å². The largest absolute Gasteiger partial charge is 0.356 e. The Morgan fingerprint density at radius 2 is 1.85 bits per heavy atom. The lowest BCUT2D eigenvalue weighted by atomic mass is 9.86. The predicted molar refractivity (Wildman–Crippen MR) is 103 cm³/mol. The number of likely N-dealkylation sites (tertiary alicyclic amines) is 1. The number of carbonyl (C=O) groups is 1. The lowest BCUT2D eigenvalue weighted by molar-refractivity contribution is -0.140. The molecular formula is C21H30N4O2. The van der Waals surface area contributed by atoms with E-state index in [0.717, 1.165) is 66.9 Å². The molecule has 0 N–H and O–H groups in total. The fourth-order valence-electron chi connectivity index (χ4n) is 4.66. The summed E-state index contributed by atoms with van der Waals surface area (Å²) < 4.78 is 7.46. The minimum absolute atomic E-state index is 0.0363. The molecule has 27 heavy (non-hydrogen) atoms. The van der Waals surface area contributed by atoms with Gasteiger partial charge in [-0.3, -0.25) is 9.48 Å². The van der Waals surface area contributed by atoms with Crippen LogP contribution in [-0.4, -0.2) is 32.3 Å². The van der Waals surface area contributed by atoms with E-state index in [2.05, 4.69) is 10.1 Å². The summed E-state index contributed by atoms with van der Waals surface area (Å²) >= 11 is 0. The Morgan fingerprint density at radius 3 is 2.56 bits per heavy atom. The summed E-state index contributed by atoms with van der Waals surface area (Å²) in [5.74, 6) is 1.31. The van der Waals surface area contributed by atoms with Crippen molar-refractivity contribution in [2.24, 2.45) is 13.0 Å². The molecule has 2 aliphatic rings. The lowest BCUT2D eigenvalue weighted by Crippen LogP contribution is -2.42. The normalized spacial score (nSPS) is 21.6. The summed E-state index contributed by atoms with van der Waals surface area (Å²) in [5.41, 5.74) is 3.88. The van der Waals surface area contributed by atoms with Crippen LogP contribution in [0, 0.1) is 19.8 Å². The zero-order valence-electron chi connectivity index (χ0n) is 16.7. The molecule has 1 atom stereocenters. The van der Waals surface area contributed by atoms with Gasteiger partial charge in [-0.2, -0.15) is 5.10 Å². The molecule has 0 bridgehead atoms. The number of rotatable bonds is 3. The molecule has 1 aliphatic heterocycles. The van der Waals surface area contributed by atoms with E-state index in [4.69, 9.17) is 9.62 Å². The van der Waals surface area contributed by atoms with Gasteiger partial charge in [-0.25, -0.2) is 0 Å². The molecule has 0 aromatic carbocycles. The molecule has 146 valence electrons. The second-order valence-corrected chi connectivity index (χ2v) is 8.20. The first-order valence-electron chi connectivity index (χ1n) is 10.3. The maximum Gasteiger partial charge on any atom is 0.226 e. The van der Waals surface area contributed by atoms with Crippen LogP contribution in [0.25, 0.3) is 11.3 Å². The zero-order chi connectivity index (χ0) is 19.0. The van der Waals surface area contributed by atoms with Crippen LogP contribution >= 0.6 is 0 Å². The van der Waals surface area contributed by atoms with E-state index in [1.807, 2.05) is 31.8 Å². The van der Waals surface area contributed by atoms with Gasteiger partial charge in [-0.1, -0.05) is 24.4 Å². The highest BCUT2D eigenvalue weighted by molar-refractivity contribution is 5.80. The molecule has 0 unspecified atom stereocenters. The van der Waals surface area contributed by atoms with E-state index < -0.39 is 0 Å². The molecular weight excluding hydrogens is 340 g/mol. The van der Waals surface area contributed by atoms with E-state index in [-0.39, 0.29) is 12.0 Å². The Morgan fingerprint density at radius 1 is 1.11 bits per heavy atom. The number of piperidine rings is 1. The second kappa shape index (κ2) is 7.49. The maximum absolute atomic E-state index is 13.3. The zero-order valence-corrected chi connectivity index (χ0v) is 16.7. The van der Waals surface area contributed by atoms with Gasteiger partial charge in [0.2, 0.25) is 5.91 Å². The van der Waals surface area contributed by atoms with Crippen molar-refractivity contribution in [2.75, 3.05) is 6.54 Å². The van der Waals surface area contributed by atoms with Gasteiger partial charge in [0.15, 0.2) is 5.76 Å². The fraction of sp³-hybridized carbons (Fsp3) is 0.667. The Kier molecular flexibility index (Phi) is 5.06. The first-order chi connectivity index (χ1) is 13.1. The first-order valence-corrected chi connectivity index (χ1v) is 10.3. The van der Waals surface area contributed by atoms with Crippen LogP contribution in [0.5, 0.6) is 0 Å². The highest BCUT2D eigenvalue weighted by atomic mass is 16.5. The van der Waals surface area contributed by atoms with E-state index in [1.165, 1.54) is 19.3 Å². The second-order valence-electron chi connectivity index (χ2n) is 8.20. The summed E-state index contributed by atoms with van der Waals surface area (Å²) in [6.45, 7) is 4.83. The van der Waals surface area contributed by atoms with Crippen LogP contribution in [0.2, 0.25) is 0 Å². The van der Waals surface area contributed by atoms with Crippen LogP contribution in [0.4, 0.5) is 0 Å². The summed E-state index contributed by atoms with van der Waals surface area (Å²) in [7, 11) is 1.93. The van der Waals surface area contributed by atoms with Crippen LogP contribution in [0.3, 0.4) is 0 Å². The standard InChI is InChI=1S/C21H30N4O2/c1-14-15(2)23-27-20(14)17-13-24(3)22-19(17)18-11-7-8-12-25(18)21(26)16-9-5-4-6-10-16/h13,16,18H,4-12H2,1-3H3/t18-/m1/s1. The highest BCUT2D eigenvalue weighted by Gasteiger charge is 2.36. The topological polar surface area (TPSA) is 64.2 Å². The van der Waals surface area contributed by atoms with Gasteiger partial charge < -0.3 is 9.42 Å². The van der Waals surface area contributed by atoms with Gasteiger partial charge in [0, 0.05) is 31.3 Å². The van der Waals surface area contributed by atoms with Gasteiger partial charge >= 0.3 is 0 Å². The lowest BCUT2D eigenvalue weighted by Gasteiger charge is -2.38. The van der Waals surface area contributed by atoms with E-state index in [0.29, 0.717) is 5.91 Å². The Bertz CT molecular complexity index is 816. The van der Waals surface area contributed by atoms with E-state index in [1.54, 1.807) is 0 Å². The molecule has 0 spiro atoms. The van der Waals surface area contributed by atoms with Crippen molar-refractivity contribution in [1.29, 1.82) is 0 Å². The predicted octanol–water partition coefficient (Wildman–Crippen LogP) is 4.33. The average molecular weight is 370 g/mol. The van der Waals surface area contributed by atoms with Crippen molar-refractivity contribution in [3.63, 3.8) is 0 Å². The Labute approximate surface area is 160 Å². The Balaban J connectivity index is 1.68. The molecule has 1 aliphatic carbocycles. The van der Waals surface area contributed by atoms with Crippen molar-refractivity contribution in [3.8, 4) is 11.3 Å². The van der Waals surface area contributed by atoms with Crippen molar-refractivity contribution in [3.05, 3.63) is 23.1 Å². The Hall–Kier alpha value is -2.11. The summed E-state index contributed by atoms with van der Waals surface area (Å²) in [5, 5.41) is 8.90. The van der Waals surface area contributed by atoms with Crippen molar-refractivity contribution in [1.82, 2.24) is 19.8 Å². The average Bonchev–Trinajstić information content (AvgIpc) is 3.24. The smallest absolute Gasteiger partial charge is 0.226 e. The summed E-state index contributed by atoms with van der Waals surface area (Å²) in [6.07, 6.45) is 10.9. The molecule has 6 nitrogen and oxygen atoms in total. The number of hydrogen-bond donors (Lipinski definition) is 0. The summed E-state index contributed by atoms with van der Waals surface area (Å²) in [4.78, 5) is 15.4. The third-order valence-electron chi connectivity index (χ3n) is 6.32. The molecule has 2 fully saturated rings. The molecule has 1 saturated heterocycles. The minimum Gasteiger partial charge on any atom is -0.356 e. The fourth-order valence-corrected chi connectivity index (χ4v) is 4.66. The number of carbonyl (C=O) groups excluding carboxylic acids is 1. The van der Waals surface area contributed by atoms with Gasteiger partial charge in [0.25, 0.3) is 0 Å². The van der Waals surface area contributed by atoms with Gasteiger partial charge in [-0.05, 0) is 46.0 Å². The number of aryl methyl sites for hydroxylation is 2. The quantitative estimate of drug-likeness (QED) is 0.807. The first kappa shape index (κ1) is 18.3. The molecule has 2 aromatic heterocycles. The molecule has 6 heteroatoms. The molecule has 1 saturated carbocycles. The van der Waals surface area contributed by atoms with Gasteiger partial charge in [0.05, 0.1) is 23.0 Å². The van der Waals surface area contributed by atoms with E-state index in [9.17, 15) is 4.79 Å². The van der Waals surface area contributed by atoms with Crippen LogP contribution < -0.4 is 0 Å². The van der Waals surface area contributed by atoms with Crippen molar-refractivity contribution >= 4 is 5.91 Å². The highest BCUT2D eigenvalue weighted by Crippen LogP contribution is 2.39. The van der Waals surface area contributed by atoms with Crippen LogP contribution in [0.1, 0.15) is 74.4 Å². The van der Waals surface area contributed by atoms with Crippen molar-refractivity contribution in [2.45, 2.75) is 71.3 Å². The number of aromatic nitrogens is 3. The molecule has 4 rings (SSSR count). The van der Waals surface area contributed by atoms with E-state index >= 15 is 0 Å². The third-order valence-corrected chi connectivity index (χ3v) is 6.32. The summed E-state index contributed by atoms with van der Waals surface area (Å²) in [6, 6.07) is 0.0363. The van der Waals surface area contributed by atoms with Crippen molar-refractivity contribution < 1.29 is 9.32 Å². The maximum atomic E-state index is 13.3. The number of hydrogen-bond acceptors (Lipinski definition) is 4. The third kappa shape index (κ3) is 3.42. The van der Waals surface area contributed by atoms with Gasteiger partial charge in [0.1, 0.15) is 0 Å². The molecule has 1 amide bonds. The molecule has 3 heterocycles. The monoisotopic (exact) mass is 370 g/mol. The SMILES string of the molecule is Cc1noc(-c2cn(C)nc2[C@H]2CCCCN2C(=O)C2CCCCC2)c1C. The van der Waals surface area contributed by atoms with Gasteiger partial charge in [-0.15, -0.1) is 0 Å². The molecule has 0 radical (unpaired) electrons. The number of nitrogens with zero attached hydrogens (tertiary/aromatic N) is 4. The minimum atomic E-state index is 0.0363. The number of amides is 1. The molecule has 2 aromatic rings. The van der Waals surface area contributed by atoms with Crippen LogP contribution in [0.15, 0.2) is 10.7 Å².